The Morgan fingerprint density at radius 1 is 0.719 bits per heavy atom. The SMILES string of the molecule is N#CC(C#N)=C1C(c2ccc(C#N)c(F)c2)=CC2=C1C=C(c1ccc(C#N)c(F)c1)C2=O. The molecule has 0 amide bonds. The lowest BCUT2D eigenvalue weighted by atomic mass is 9.91. The highest BCUT2D eigenvalue weighted by Crippen LogP contribution is 2.46. The molecular formula is C25H8F2N4O. The van der Waals surface area contributed by atoms with Crippen LogP contribution >= 0.6 is 0 Å². The van der Waals surface area contributed by atoms with Gasteiger partial charge in [-0.3, -0.25) is 4.79 Å². The molecule has 0 fully saturated rings. The summed E-state index contributed by atoms with van der Waals surface area (Å²) in [4.78, 5) is 13.1. The van der Waals surface area contributed by atoms with Gasteiger partial charge in [0.1, 0.15) is 41.5 Å². The smallest absolute Gasteiger partial charge is 0.194 e. The van der Waals surface area contributed by atoms with Gasteiger partial charge in [0.05, 0.1) is 11.1 Å². The number of carbonyl (C=O) groups is 1. The molecule has 5 nitrogen and oxygen atoms in total. The molecule has 2 aromatic rings. The lowest BCUT2D eigenvalue weighted by Gasteiger charge is -2.10. The zero-order chi connectivity index (χ0) is 23.0. The van der Waals surface area contributed by atoms with Gasteiger partial charge in [0.25, 0.3) is 0 Å². The van der Waals surface area contributed by atoms with E-state index in [2.05, 4.69) is 0 Å². The van der Waals surface area contributed by atoms with Crippen molar-refractivity contribution in [2.75, 3.05) is 0 Å². The maximum Gasteiger partial charge on any atom is 0.194 e. The van der Waals surface area contributed by atoms with Crippen molar-refractivity contribution >= 4 is 16.9 Å². The molecule has 2 aliphatic carbocycles. The van der Waals surface area contributed by atoms with E-state index in [1.165, 1.54) is 36.4 Å². The second kappa shape index (κ2) is 7.62. The van der Waals surface area contributed by atoms with Gasteiger partial charge >= 0.3 is 0 Å². The Labute approximate surface area is 181 Å². The van der Waals surface area contributed by atoms with E-state index in [4.69, 9.17) is 10.5 Å². The number of carbonyl (C=O) groups excluding carboxylic acids is 1. The molecule has 0 N–H and O–H groups in total. The fraction of sp³-hybridized carbons (Fsp3) is 0. The standard InChI is InChI=1S/C25H8F2N4O/c26-22-5-13(1-3-15(22)9-28)18-7-21-20(24(18)17(11-30)12-31)8-19(25(21)32)14-2-4-16(10-29)23(27)6-14/h1-8H. The highest BCUT2D eigenvalue weighted by molar-refractivity contribution is 6.35. The van der Waals surface area contributed by atoms with Crippen molar-refractivity contribution in [1.82, 2.24) is 0 Å². The van der Waals surface area contributed by atoms with Gasteiger partial charge in [0.15, 0.2) is 5.78 Å². The Bertz CT molecular complexity index is 1530. The maximum absolute atomic E-state index is 14.2. The fourth-order valence-corrected chi connectivity index (χ4v) is 3.66. The highest BCUT2D eigenvalue weighted by Gasteiger charge is 2.35. The van der Waals surface area contributed by atoms with Crippen LogP contribution in [0, 0.1) is 57.0 Å². The zero-order valence-electron chi connectivity index (χ0n) is 16.1. The minimum atomic E-state index is -0.777. The molecule has 7 heteroatoms. The van der Waals surface area contributed by atoms with Crippen molar-refractivity contribution in [3.8, 4) is 24.3 Å². The minimum Gasteiger partial charge on any atom is -0.289 e. The molecule has 0 aromatic heterocycles. The largest absolute Gasteiger partial charge is 0.289 e. The Hall–Kier alpha value is -5.11. The summed E-state index contributed by atoms with van der Waals surface area (Å²) < 4.78 is 28.3. The summed E-state index contributed by atoms with van der Waals surface area (Å²) >= 11 is 0. The molecule has 0 spiro atoms. The van der Waals surface area contributed by atoms with Crippen molar-refractivity contribution in [3.63, 3.8) is 0 Å². The summed E-state index contributed by atoms with van der Waals surface area (Å²) in [7, 11) is 0. The number of hydrogen-bond acceptors (Lipinski definition) is 5. The van der Waals surface area contributed by atoms with Crippen molar-refractivity contribution in [2.24, 2.45) is 0 Å². The van der Waals surface area contributed by atoms with Gasteiger partial charge in [-0.1, -0.05) is 12.1 Å². The number of nitriles is 4. The molecular weight excluding hydrogens is 410 g/mol. The average Bonchev–Trinajstić information content (AvgIpc) is 3.32. The molecule has 0 heterocycles. The van der Waals surface area contributed by atoms with Crippen LogP contribution in [-0.4, -0.2) is 5.78 Å². The summed E-state index contributed by atoms with van der Waals surface area (Å²) in [5.74, 6) is -2.01. The third-order valence-electron chi connectivity index (χ3n) is 5.17. The summed E-state index contributed by atoms with van der Waals surface area (Å²) in [5.41, 5.74) is 1.02. The van der Waals surface area contributed by atoms with E-state index in [9.17, 15) is 24.1 Å². The predicted molar refractivity (Wildman–Crippen MR) is 108 cm³/mol. The lowest BCUT2D eigenvalue weighted by Crippen LogP contribution is -2.01. The van der Waals surface area contributed by atoms with Gasteiger partial charge < -0.3 is 0 Å². The minimum absolute atomic E-state index is 0.146. The second-order valence-electron chi connectivity index (χ2n) is 6.86. The highest BCUT2D eigenvalue weighted by atomic mass is 19.1. The van der Waals surface area contributed by atoms with Gasteiger partial charge in [0, 0.05) is 16.7 Å². The molecule has 32 heavy (non-hydrogen) atoms. The number of hydrogen-bond donors (Lipinski definition) is 0. The van der Waals surface area contributed by atoms with Crippen LogP contribution < -0.4 is 0 Å². The topological polar surface area (TPSA) is 112 Å². The third kappa shape index (κ3) is 2.99. The van der Waals surface area contributed by atoms with Crippen molar-refractivity contribution in [1.29, 1.82) is 21.0 Å². The Morgan fingerprint density at radius 2 is 1.22 bits per heavy atom. The van der Waals surface area contributed by atoms with Crippen LogP contribution in [0.4, 0.5) is 8.78 Å². The average molecular weight is 418 g/mol. The van der Waals surface area contributed by atoms with E-state index >= 15 is 0 Å². The first-order chi connectivity index (χ1) is 15.4. The molecule has 4 rings (SSSR count). The van der Waals surface area contributed by atoms with Gasteiger partial charge in [-0.25, -0.2) is 8.78 Å². The number of benzene rings is 2. The van der Waals surface area contributed by atoms with Crippen molar-refractivity contribution < 1.29 is 13.6 Å². The summed E-state index contributed by atoms with van der Waals surface area (Å²) in [5, 5.41) is 36.8. The summed E-state index contributed by atoms with van der Waals surface area (Å²) in [6, 6.07) is 14.6. The normalized spacial score (nSPS) is 14.1. The predicted octanol–water partition coefficient (Wildman–Crippen LogP) is 4.41. The second-order valence-corrected chi connectivity index (χ2v) is 6.86. The van der Waals surface area contributed by atoms with Gasteiger partial charge in [0.2, 0.25) is 0 Å². The quantitative estimate of drug-likeness (QED) is 0.671. The van der Waals surface area contributed by atoms with E-state index in [1.54, 1.807) is 24.3 Å². The summed E-state index contributed by atoms with van der Waals surface area (Å²) in [6.45, 7) is 0. The molecule has 0 saturated carbocycles. The zero-order valence-corrected chi connectivity index (χ0v) is 16.1. The number of allylic oxidation sites excluding steroid dienone is 8. The van der Waals surface area contributed by atoms with Crippen molar-refractivity contribution in [2.45, 2.75) is 0 Å². The first-order valence-electron chi connectivity index (χ1n) is 9.11. The van der Waals surface area contributed by atoms with Crippen LogP contribution in [-0.2, 0) is 4.79 Å². The van der Waals surface area contributed by atoms with E-state index in [0.29, 0.717) is 16.7 Å². The summed E-state index contributed by atoms with van der Waals surface area (Å²) in [6.07, 6.45) is 2.90. The number of halogens is 2. The maximum atomic E-state index is 14.2. The van der Waals surface area contributed by atoms with Crippen LogP contribution in [0.3, 0.4) is 0 Å². The van der Waals surface area contributed by atoms with Gasteiger partial charge in [-0.2, -0.15) is 21.0 Å². The third-order valence-corrected chi connectivity index (χ3v) is 5.17. The Balaban J connectivity index is 1.86. The number of nitrogens with zero attached hydrogens (tertiary/aromatic N) is 4. The van der Waals surface area contributed by atoms with Crippen LogP contribution in [0.15, 0.2) is 70.8 Å². The monoisotopic (exact) mass is 418 g/mol. The van der Waals surface area contributed by atoms with Crippen LogP contribution in [0.1, 0.15) is 22.3 Å². The molecule has 0 atom stereocenters. The lowest BCUT2D eigenvalue weighted by molar-refractivity contribution is -0.110. The first kappa shape index (κ1) is 20.2. The molecule has 2 aromatic carbocycles. The molecule has 0 saturated heterocycles. The first-order valence-corrected chi connectivity index (χ1v) is 9.11. The number of ketones is 1. The molecule has 0 aliphatic heterocycles. The molecule has 0 radical (unpaired) electrons. The molecule has 2 aliphatic rings. The fourth-order valence-electron chi connectivity index (χ4n) is 3.66. The number of rotatable bonds is 2. The molecule has 0 unspecified atom stereocenters. The Morgan fingerprint density at radius 3 is 1.69 bits per heavy atom. The van der Waals surface area contributed by atoms with Crippen molar-refractivity contribution in [3.05, 3.63) is 105 Å². The number of Topliss-reactive ketones (excluding diaryl/α,β-unsaturated/α-hetero) is 1. The van der Waals surface area contributed by atoms with E-state index in [1.807, 2.05) is 0 Å². The van der Waals surface area contributed by atoms with Gasteiger partial charge in [-0.05, 0) is 58.7 Å². The van der Waals surface area contributed by atoms with Crippen LogP contribution in [0.2, 0.25) is 0 Å². The van der Waals surface area contributed by atoms with Gasteiger partial charge in [-0.15, -0.1) is 0 Å². The van der Waals surface area contributed by atoms with E-state index < -0.39 is 17.4 Å². The molecule has 148 valence electrons. The van der Waals surface area contributed by atoms with Crippen LogP contribution in [0.5, 0.6) is 0 Å². The van der Waals surface area contributed by atoms with E-state index in [0.717, 1.165) is 12.1 Å². The van der Waals surface area contributed by atoms with E-state index in [-0.39, 0.29) is 39.0 Å². The Kier molecular flexibility index (Phi) is 4.80. The molecule has 0 bridgehead atoms. The van der Waals surface area contributed by atoms with Crippen LogP contribution in [0.25, 0.3) is 11.1 Å².